The third kappa shape index (κ3) is 14.6. The van der Waals surface area contributed by atoms with Crippen molar-refractivity contribution in [2.75, 3.05) is 46.1 Å². The van der Waals surface area contributed by atoms with Crippen LogP contribution in [0.1, 0.15) is 67.8 Å². The first-order valence-electron chi connectivity index (χ1n) is 14.5. The Morgan fingerprint density at radius 3 is 1.76 bits per heavy atom. The Morgan fingerprint density at radius 2 is 1.26 bits per heavy atom. The highest BCUT2D eigenvalue weighted by Crippen LogP contribution is 2.19. The highest BCUT2D eigenvalue weighted by molar-refractivity contribution is 6.09. The van der Waals surface area contributed by atoms with Gasteiger partial charge in [0.25, 0.3) is 0 Å². The molecule has 0 amide bonds. The zero-order valence-electron chi connectivity index (χ0n) is 24.5. The summed E-state index contributed by atoms with van der Waals surface area (Å²) in [6, 6.07) is 14.2. The molecule has 0 radical (unpaired) electrons. The van der Waals surface area contributed by atoms with Gasteiger partial charge in [0.05, 0.1) is 33.0 Å². The zero-order chi connectivity index (χ0) is 30.6. The molecule has 0 saturated heterocycles. The van der Waals surface area contributed by atoms with Crippen LogP contribution in [0.3, 0.4) is 0 Å². The summed E-state index contributed by atoms with van der Waals surface area (Å²) >= 11 is 0. The van der Waals surface area contributed by atoms with E-state index in [2.05, 4.69) is 6.58 Å². The van der Waals surface area contributed by atoms with E-state index in [1.165, 1.54) is 0 Å². The van der Waals surface area contributed by atoms with E-state index >= 15 is 0 Å². The zero-order valence-corrected chi connectivity index (χ0v) is 24.5. The van der Waals surface area contributed by atoms with Gasteiger partial charge in [-0.05, 0) is 106 Å². The van der Waals surface area contributed by atoms with Crippen molar-refractivity contribution in [3.63, 3.8) is 0 Å². The number of ketones is 1. The van der Waals surface area contributed by atoms with Crippen molar-refractivity contribution >= 4 is 11.8 Å². The molecule has 42 heavy (non-hydrogen) atoms. The van der Waals surface area contributed by atoms with Gasteiger partial charge in [-0.2, -0.15) is 5.06 Å². The molecule has 1 unspecified atom stereocenters. The predicted octanol–water partition coefficient (Wildman–Crippen LogP) is 4.54. The SMILES string of the molecule is C=C(C)C(O)OCCCCCOc1ccc(C(=O)c2ccc(OCCCCCCOC(=O)CN(O)CCO)cc2)cc1. The fourth-order valence-electron chi connectivity index (χ4n) is 3.80. The molecule has 0 aliphatic heterocycles. The van der Waals surface area contributed by atoms with Gasteiger partial charge in [-0.25, -0.2) is 0 Å². The van der Waals surface area contributed by atoms with Gasteiger partial charge in [0.1, 0.15) is 18.0 Å². The third-order valence-electron chi connectivity index (χ3n) is 6.23. The molecule has 0 spiro atoms. The van der Waals surface area contributed by atoms with Gasteiger partial charge < -0.3 is 34.4 Å². The molecule has 0 bridgehead atoms. The summed E-state index contributed by atoms with van der Waals surface area (Å²) in [7, 11) is 0. The van der Waals surface area contributed by atoms with E-state index in [-0.39, 0.29) is 32.1 Å². The molecule has 0 aromatic heterocycles. The van der Waals surface area contributed by atoms with Gasteiger partial charge in [-0.3, -0.25) is 9.59 Å². The number of aliphatic hydroxyl groups is 2. The molecule has 3 N–H and O–H groups in total. The molecule has 2 rings (SSSR count). The molecular formula is C32H45NO9. The summed E-state index contributed by atoms with van der Waals surface area (Å²) in [5.41, 5.74) is 1.74. The first-order valence-corrected chi connectivity index (χ1v) is 14.5. The van der Waals surface area contributed by atoms with Gasteiger partial charge in [0.15, 0.2) is 12.1 Å². The molecule has 10 heteroatoms. The van der Waals surface area contributed by atoms with Crippen LogP contribution in [0.2, 0.25) is 0 Å². The van der Waals surface area contributed by atoms with Crippen LogP contribution in [-0.2, 0) is 14.3 Å². The molecular weight excluding hydrogens is 542 g/mol. The van der Waals surface area contributed by atoms with Gasteiger partial charge in [0.2, 0.25) is 0 Å². The van der Waals surface area contributed by atoms with Crippen LogP contribution >= 0.6 is 0 Å². The van der Waals surface area contributed by atoms with Crippen molar-refractivity contribution in [1.82, 2.24) is 5.06 Å². The molecule has 0 heterocycles. The number of rotatable bonds is 23. The lowest BCUT2D eigenvalue weighted by Gasteiger charge is -2.12. The number of benzene rings is 2. The molecule has 1 atom stereocenters. The second-order valence-electron chi connectivity index (χ2n) is 9.95. The van der Waals surface area contributed by atoms with Gasteiger partial charge >= 0.3 is 5.97 Å². The fraction of sp³-hybridized carbons (Fsp3) is 0.500. The van der Waals surface area contributed by atoms with Crippen molar-refractivity contribution in [1.29, 1.82) is 0 Å². The lowest BCUT2D eigenvalue weighted by atomic mass is 10.0. The predicted molar refractivity (Wildman–Crippen MR) is 158 cm³/mol. The topological polar surface area (TPSA) is 135 Å². The Hall–Kier alpha value is -3.28. The van der Waals surface area contributed by atoms with Crippen molar-refractivity contribution in [3.8, 4) is 11.5 Å². The molecule has 0 aliphatic rings. The normalized spacial score (nSPS) is 11.7. The number of carbonyl (C=O) groups is 2. The van der Waals surface area contributed by atoms with Gasteiger partial charge in [-0.1, -0.05) is 6.58 Å². The van der Waals surface area contributed by atoms with Crippen LogP contribution in [0.5, 0.6) is 11.5 Å². The maximum atomic E-state index is 12.9. The number of hydrogen-bond donors (Lipinski definition) is 3. The Balaban J connectivity index is 1.58. The number of unbranched alkanes of at least 4 members (excludes halogenated alkanes) is 5. The van der Waals surface area contributed by atoms with Crippen molar-refractivity contribution in [2.24, 2.45) is 0 Å². The summed E-state index contributed by atoms with van der Waals surface area (Å²) in [5.74, 6) is 0.798. The smallest absolute Gasteiger partial charge is 0.322 e. The first kappa shape index (κ1) is 34.9. The van der Waals surface area contributed by atoms with Crippen LogP contribution in [0.25, 0.3) is 0 Å². The average molecular weight is 588 g/mol. The summed E-state index contributed by atoms with van der Waals surface area (Å²) in [6.45, 7) is 6.74. The highest BCUT2D eigenvalue weighted by Gasteiger charge is 2.10. The molecule has 2 aromatic rings. The first-order chi connectivity index (χ1) is 20.3. The quantitative estimate of drug-likeness (QED) is 0.0425. The van der Waals surface area contributed by atoms with Crippen LogP contribution in [-0.4, -0.2) is 84.7 Å². The molecule has 0 saturated carbocycles. The van der Waals surface area contributed by atoms with Crippen LogP contribution in [0.4, 0.5) is 0 Å². The second kappa shape index (κ2) is 20.6. The number of esters is 1. The minimum atomic E-state index is -0.903. The largest absolute Gasteiger partial charge is 0.494 e. The average Bonchev–Trinajstić information content (AvgIpc) is 2.98. The Labute approximate surface area is 248 Å². The van der Waals surface area contributed by atoms with E-state index in [0.29, 0.717) is 48.0 Å². The third-order valence-corrected chi connectivity index (χ3v) is 6.23. The summed E-state index contributed by atoms with van der Waals surface area (Å²) < 4.78 is 21.8. The molecule has 2 aromatic carbocycles. The number of hydroxylamine groups is 2. The number of aliphatic hydroxyl groups excluding tert-OH is 2. The van der Waals surface area contributed by atoms with Crippen LogP contribution in [0.15, 0.2) is 60.7 Å². The van der Waals surface area contributed by atoms with E-state index < -0.39 is 12.3 Å². The van der Waals surface area contributed by atoms with E-state index in [0.717, 1.165) is 50.0 Å². The van der Waals surface area contributed by atoms with E-state index in [4.69, 9.17) is 24.1 Å². The minimum Gasteiger partial charge on any atom is -0.494 e. The lowest BCUT2D eigenvalue weighted by Crippen LogP contribution is -2.30. The number of carbonyl (C=O) groups excluding carboxylic acids is 2. The second-order valence-corrected chi connectivity index (χ2v) is 9.95. The molecule has 232 valence electrons. The molecule has 0 aliphatic carbocycles. The maximum Gasteiger partial charge on any atom is 0.322 e. The van der Waals surface area contributed by atoms with E-state index in [1.54, 1.807) is 55.5 Å². The van der Waals surface area contributed by atoms with Gasteiger partial charge in [-0.15, -0.1) is 0 Å². The van der Waals surface area contributed by atoms with Crippen LogP contribution < -0.4 is 9.47 Å². The Bertz CT molecular complexity index is 1060. The fourth-order valence-corrected chi connectivity index (χ4v) is 3.80. The van der Waals surface area contributed by atoms with E-state index in [9.17, 15) is 19.9 Å². The van der Waals surface area contributed by atoms with E-state index in [1.807, 2.05) is 0 Å². The maximum absolute atomic E-state index is 12.9. The lowest BCUT2D eigenvalue weighted by molar-refractivity contribution is -0.160. The standard InChI is InChI=1S/C32H45NO9/c1-25(2)32(37)42-23-9-5-8-21-40-29-16-12-27(13-17-29)31(36)26-10-14-28(15-11-26)39-20-6-3-4-7-22-41-30(35)24-33(38)18-19-34/h10-17,32,34,37-38H,1,3-9,18-24H2,2H3. The highest BCUT2D eigenvalue weighted by atomic mass is 16.6. The summed E-state index contributed by atoms with van der Waals surface area (Å²) in [5, 5.41) is 28.3. The number of ether oxygens (including phenoxy) is 4. The van der Waals surface area contributed by atoms with Crippen LogP contribution in [0, 0.1) is 0 Å². The van der Waals surface area contributed by atoms with Gasteiger partial charge in [0, 0.05) is 17.7 Å². The monoisotopic (exact) mass is 587 g/mol. The van der Waals surface area contributed by atoms with Crippen molar-refractivity contribution in [2.45, 2.75) is 58.2 Å². The Kier molecular flexibility index (Phi) is 17.1. The number of nitrogens with zero attached hydrogens (tertiary/aromatic N) is 1. The van der Waals surface area contributed by atoms with Crippen molar-refractivity contribution < 1.29 is 44.0 Å². The minimum absolute atomic E-state index is 0.00204. The van der Waals surface area contributed by atoms with Crippen molar-refractivity contribution in [3.05, 3.63) is 71.8 Å². The summed E-state index contributed by atoms with van der Waals surface area (Å²) in [6.07, 6.45) is 5.06. The molecule has 10 nitrogen and oxygen atoms in total. The molecule has 0 fully saturated rings. The number of hydrogen-bond acceptors (Lipinski definition) is 10. The summed E-state index contributed by atoms with van der Waals surface area (Å²) in [4.78, 5) is 24.4. The Morgan fingerprint density at radius 1 is 0.786 bits per heavy atom.